The molecule has 1 heteroatoms. The molecule has 0 aromatic carbocycles. The lowest BCUT2D eigenvalue weighted by molar-refractivity contribution is 0.924. The predicted octanol–water partition coefficient (Wildman–Crippen LogP) is 3.07. The van der Waals surface area contributed by atoms with Crippen LogP contribution in [0.1, 0.15) is 24.8 Å². The van der Waals surface area contributed by atoms with Crippen molar-refractivity contribution >= 4 is 0 Å². The van der Waals surface area contributed by atoms with Crippen LogP contribution in [0.2, 0.25) is 0 Å². The van der Waals surface area contributed by atoms with Crippen LogP contribution in [0.3, 0.4) is 0 Å². The Bertz CT molecular complexity index is 335. The summed E-state index contributed by atoms with van der Waals surface area (Å²) in [7, 11) is 0. The van der Waals surface area contributed by atoms with Crippen LogP contribution < -0.4 is 0 Å². The second-order valence-corrected chi connectivity index (χ2v) is 3.24. The minimum atomic E-state index is 0.494. The van der Waals surface area contributed by atoms with Crippen molar-refractivity contribution in [1.82, 2.24) is 4.98 Å². The maximum absolute atomic E-state index is 4.02. The van der Waals surface area contributed by atoms with Crippen molar-refractivity contribution in [1.29, 1.82) is 0 Å². The van der Waals surface area contributed by atoms with E-state index in [-0.39, 0.29) is 0 Å². The number of aromatic nitrogens is 1. The first-order valence-corrected chi connectivity index (χ1v) is 4.69. The highest BCUT2D eigenvalue weighted by atomic mass is 14.6. The Kier molecular flexibility index (Phi) is 2.26. The third-order valence-corrected chi connectivity index (χ3v) is 2.49. The summed E-state index contributed by atoms with van der Waals surface area (Å²) in [5.74, 6) is 0.494. The normalized spacial score (nSPS) is 20.4. The predicted molar refractivity (Wildman–Crippen MR) is 54.5 cm³/mol. The molecule has 1 atom stereocenters. The van der Waals surface area contributed by atoms with Gasteiger partial charge in [-0.2, -0.15) is 0 Å². The van der Waals surface area contributed by atoms with Gasteiger partial charge in [0.2, 0.25) is 0 Å². The van der Waals surface area contributed by atoms with Crippen LogP contribution in [-0.4, -0.2) is 4.98 Å². The first kappa shape index (κ1) is 8.24. The van der Waals surface area contributed by atoms with Crippen molar-refractivity contribution in [2.24, 2.45) is 0 Å². The first-order valence-electron chi connectivity index (χ1n) is 4.69. The lowest BCUT2D eigenvalue weighted by Gasteiger charge is -2.11. The van der Waals surface area contributed by atoms with Crippen LogP contribution in [0, 0.1) is 0 Å². The SMILES string of the molecule is CCC1=CC=CC1c1ccncc1. The molecule has 0 fully saturated rings. The molecule has 0 N–H and O–H groups in total. The van der Waals surface area contributed by atoms with E-state index >= 15 is 0 Å². The average molecular weight is 171 g/mol. The minimum absolute atomic E-state index is 0.494. The maximum atomic E-state index is 4.02. The molecular weight excluding hydrogens is 158 g/mol. The molecule has 0 spiro atoms. The molecule has 1 unspecified atom stereocenters. The Morgan fingerprint density at radius 1 is 1.31 bits per heavy atom. The first-order chi connectivity index (χ1) is 6.42. The van der Waals surface area contributed by atoms with Gasteiger partial charge in [-0.05, 0) is 24.1 Å². The van der Waals surface area contributed by atoms with Gasteiger partial charge < -0.3 is 0 Å². The summed E-state index contributed by atoms with van der Waals surface area (Å²) in [4.78, 5) is 4.02. The monoisotopic (exact) mass is 171 g/mol. The van der Waals surface area contributed by atoms with E-state index in [1.807, 2.05) is 12.4 Å². The fraction of sp³-hybridized carbons (Fsp3) is 0.250. The second-order valence-electron chi connectivity index (χ2n) is 3.24. The van der Waals surface area contributed by atoms with Gasteiger partial charge in [0, 0.05) is 18.3 Å². The highest BCUT2D eigenvalue weighted by Crippen LogP contribution is 2.31. The Labute approximate surface area is 78.8 Å². The van der Waals surface area contributed by atoms with Gasteiger partial charge in [0.05, 0.1) is 0 Å². The molecule has 0 bridgehead atoms. The topological polar surface area (TPSA) is 12.9 Å². The third kappa shape index (κ3) is 1.55. The van der Waals surface area contributed by atoms with Crippen molar-refractivity contribution in [2.75, 3.05) is 0 Å². The van der Waals surface area contributed by atoms with Crippen molar-refractivity contribution in [3.63, 3.8) is 0 Å². The van der Waals surface area contributed by atoms with E-state index in [9.17, 15) is 0 Å². The van der Waals surface area contributed by atoms with Crippen LogP contribution in [0.5, 0.6) is 0 Å². The number of hydrogen-bond acceptors (Lipinski definition) is 1. The van der Waals surface area contributed by atoms with Gasteiger partial charge in [0.15, 0.2) is 0 Å². The third-order valence-electron chi connectivity index (χ3n) is 2.49. The molecule has 1 aromatic rings. The molecule has 1 nitrogen and oxygen atoms in total. The standard InChI is InChI=1S/C12H13N/c1-2-10-4-3-5-12(10)11-6-8-13-9-7-11/h3-9,12H,2H2,1H3. The lowest BCUT2D eigenvalue weighted by Crippen LogP contribution is -1.95. The molecule has 0 amide bonds. The zero-order valence-corrected chi connectivity index (χ0v) is 7.77. The van der Waals surface area contributed by atoms with E-state index < -0.39 is 0 Å². The molecule has 13 heavy (non-hydrogen) atoms. The van der Waals surface area contributed by atoms with Crippen molar-refractivity contribution < 1.29 is 0 Å². The zero-order chi connectivity index (χ0) is 9.10. The van der Waals surface area contributed by atoms with Crippen molar-refractivity contribution in [2.45, 2.75) is 19.3 Å². The van der Waals surface area contributed by atoms with Crippen molar-refractivity contribution in [3.8, 4) is 0 Å². The molecule has 0 saturated heterocycles. The maximum Gasteiger partial charge on any atom is 0.0270 e. The van der Waals surface area contributed by atoms with Gasteiger partial charge >= 0.3 is 0 Å². The van der Waals surface area contributed by atoms with E-state index in [1.54, 1.807) is 0 Å². The van der Waals surface area contributed by atoms with E-state index in [4.69, 9.17) is 0 Å². The summed E-state index contributed by atoms with van der Waals surface area (Å²) in [5, 5.41) is 0. The number of pyridine rings is 1. The van der Waals surface area contributed by atoms with E-state index in [0.717, 1.165) is 6.42 Å². The summed E-state index contributed by atoms with van der Waals surface area (Å²) < 4.78 is 0. The summed E-state index contributed by atoms with van der Waals surface area (Å²) in [5.41, 5.74) is 2.84. The minimum Gasteiger partial charge on any atom is -0.265 e. The molecule has 1 aliphatic carbocycles. The highest BCUT2D eigenvalue weighted by molar-refractivity contribution is 5.39. The van der Waals surface area contributed by atoms with Crippen LogP contribution >= 0.6 is 0 Å². The summed E-state index contributed by atoms with van der Waals surface area (Å²) in [6, 6.07) is 4.17. The number of hydrogen-bond donors (Lipinski definition) is 0. The van der Waals surface area contributed by atoms with Gasteiger partial charge in [0.1, 0.15) is 0 Å². The molecule has 0 saturated carbocycles. The Morgan fingerprint density at radius 2 is 2.08 bits per heavy atom. The van der Waals surface area contributed by atoms with E-state index in [0.29, 0.717) is 5.92 Å². The number of allylic oxidation sites excluding steroid dienone is 4. The zero-order valence-electron chi connectivity index (χ0n) is 7.77. The summed E-state index contributed by atoms with van der Waals surface area (Å²) in [6.45, 7) is 2.20. The van der Waals surface area contributed by atoms with E-state index in [1.165, 1.54) is 11.1 Å². The molecular formula is C12H13N. The summed E-state index contributed by atoms with van der Waals surface area (Å²) >= 11 is 0. The molecule has 2 rings (SSSR count). The van der Waals surface area contributed by atoms with Crippen molar-refractivity contribution in [3.05, 3.63) is 53.9 Å². The second kappa shape index (κ2) is 3.56. The van der Waals surface area contributed by atoms with E-state index in [2.05, 4.69) is 42.3 Å². The average Bonchev–Trinajstić information content (AvgIpc) is 2.67. The van der Waals surface area contributed by atoms with Gasteiger partial charge in [0.25, 0.3) is 0 Å². The fourth-order valence-corrected chi connectivity index (χ4v) is 1.75. The van der Waals surface area contributed by atoms with Crippen LogP contribution in [-0.2, 0) is 0 Å². The lowest BCUT2D eigenvalue weighted by atomic mass is 9.93. The van der Waals surface area contributed by atoms with Crippen LogP contribution in [0.15, 0.2) is 48.3 Å². The Morgan fingerprint density at radius 3 is 2.77 bits per heavy atom. The van der Waals surface area contributed by atoms with Gasteiger partial charge in [-0.3, -0.25) is 4.98 Å². The number of nitrogens with zero attached hydrogens (tertiary/aromatic N) is 1. The van der Waals surface area contributed by atoms with Gasteiger partial charge in [-0.25, -0.2) is 0 Å². The van der Waals surface area contributed by atoms with Crippen LogP contribution in [0.25, 0.3) is 0 Å². The molecule has 66 valence electrons. The fourth-order valence-electron chi connectivity index (χ4n) is 1.75. The Balaban J connectivity index is 2.28. The summed E-state index contributed by atoms with van der Waals surface area (Å²) in [6.07, 6.45) is 11.4. The molecule has 1 heterocycles. The van der Waals surface area contributed by atoms with Gasteiger partial charge in [-0.15, -0.1) is 0 Å². The molecule has 1 aromatic heterocycles. The number of rotatable bonds is 2. The Hall–Kier alpha value is -1.37. The van der Waals surface area contributed by atoms with Crippen LogP contribution in [0.4, 0.5) is 0 Å². The molecule has 1 aliphatic rings. The largest absolute Gasteiger partial charge is 0.265 e. The highest BCUT2D eigenvalue weighted by Gasteiger charge is 2.14. The quantitative estimate of drug-likeness (QED) is 0.666. The molecule has 0 radical (unpaired) electrons. The molecule has 0 aliphatic heterocycles. The smallest absolute Gasteiger partial charge is 0.0270 e. The van der Waals surface area contributed by atoms with Gasteiger partial charge in [-0.1, -0.05) is 30.7 Å².